The molecule has 4 aromatic rings. The summed E-state index contributed by atoms with van der Waals surface area (Å²) in [6.45, 7) is 4.18. The zero-order valence-corrected chi connectivity index (χ0v) is 18.4. The largest absolute Gasteiger partial charge is 0.346 e. The highest BCUT2D eigenvalue weighted by atomic mass is 35.5. The van der Waals surface area contributed by atoms with Gasteiger partial charge in [-0.25, -0.2) is 0 Å². The Labute approximate surface area is 189 Å². The predicted molar refractivity (Wildman–Crippen MR) is 119 cm³/mol. The van der Waals surface area contributed by atoms with Crippen LogP contribution in [-0.4, -0.2) is 41.1 Å². The minimum absolute atomic E-state index is 0.255. The van der Waals surface area contributed by atoms with Gasteiger partial charge < -0.3 is 5.32 Å². The fraction of sp³-hybridized carbons (Fsp3) is 0.227. The van der Waals surface area contributed by atoms with Crippen LogP contribution in [0.3, 0.4) is 0 Å². The van der Waals surface area contributed by atoms with Crippen LogP contribution in [-0.2, 0) is 13.0 Å². The molecule has 0 radical (unpaired) electrons. The number of pyridine rings is 1. The second-order valence-electron chi connectivity index (χ2n) is 7.22. The first-order valence-electron chi connectivity index (χ1n) is 10.1. The van der Waals surface area contributed by atoms with E-state index in [1.165, 1.54) is 0 Å². The Morgan fingerprint density at radius 2 is 1.97 bits per heavy atom. The van der Waals surface area contributed by atoms with E-state index in [1.807, 2.05) is 13.0 Å². The van der Waals surface area contributed by atoms with Crippen molar-refractivity contribution in [2.45, 2.75) is 33.2 Å². The third-order valence-corrected chi connectivity index (χ3v) is 4.94. The molecule has 0 spiro atoms. The summed E-state index contributed by atoms with van der Waals surface area (Å²) in [5.41, 5.74) is 4.04. The number of halogens is 1. The van der Waals surface area contributed by atoms with Gasteiger partial charge in [-0.3, -0.25) is 19.7 Å². The van der Waals surface area contributed by atoms with Gasteiger partial charge in [-0.2, -0.15) is 4.68 Å². The summed E-state index contributed by atoms with van der Waals surface area (Å²) in [5.74, 6) is 0.463. The molecular weight excluding hydrogens is 428 g/mol. The molecule has 10 heteroatoms. The van der Waals surface area contributed by atoms with E-state index in [2.05, 4.69) is 42.7 Å². The first-order chi connectivity index (χ1) is 15.5. The van der Waals surface area contributed by atoms with Crippen LogP contribution in [0.1, 0.15) is 40.9 Å². The van der Waals surface area contributed by atoms with Crippen molar-refractivity contribution in [3.05, 3.63) is 76.7 Å². The van der Waals surface area contributed by atoms with Gasteiger partial charge >= 0.3 is 0 Å². The van der Waals surface area contributed by atoms with E-state index in [-0.39, 0.29) is 12.5 Å². The summed E-state index contributed by atoms with van der Waals surface area (Å²) in [7, 11) is 0. The molecular formula is C22H21ClN8O. The number of hydrogen-bond donors (Lipinski definition) is 1. The van der Waals surface area contributed by atoms with Gasteiger partial charge in [0.2, 0.25) is 0 Å². The SMILES string of the molecule is CCCc1nnnn1-c1cc(C(=O)NCc2cnc(C)cn2)cc(-c2ccc(Cl)cn2)c1. The van der Waals surface area contributed by atoms with Crippen LogP contribution in [0.4, 0.5) is 0 Å². The second kappa shape index (κ2) is 9.61. The van der Waals surface area contributed by atoms with E-state index in [1.54, 1.807) is 47.5 Å². The van der Waals surface area contributed by atoms with E-state index in [0.29, 0.717) is 34.1 Å². The molecule has 0 fully saturated rings. The lowest BCUT2D eigenvalue weighted by Crippen LogP contribution is -2.23. The van der Waals surface area contributed by atoms with E-state index >= 15 is 0 Å². The molecule has 1 amide bonds. The summed E-state index contributed by atoms with van der Waals surface area (Å²) < 4.78 is 1.64. The molecule has 162 valence electrons. The van der Waals surface area contributed by atoms with Crippen molar-refractivity contribution >= 4 is 17.5 Å². The molecule has 4 rings (SSSR count). The third-order valence-electron chi connectivity index (χ3n) is 4.72. The molecule has 0 saturated heterocycles. The zero-order valence-electron chi connectivity index (χ0n) is 17.7. The number of aromatic nitrogens is 7. The molecule has 3 heterocycles. The van der Waals surface area contributed by atoms with Gasteiger partial charge in [0, 0.05) is 29.9 Å². The average Bonchev–Trinajstić information content (AvgIpc) is 3.27. The first kappa shape index (κ1) is 21.5. The third kappa shape index (κ3) is 4.94. The van der Waals surface area contributed by atoms with Crippen molar-refractivity contribution in [2.75, 3.05) is 0 Å². The molecule has 0 atom stereocenters. The maximum Gasteiger partial charge on any atom is 0.251 e. The number of hydrogen-bond acceptors (Lipinski definition) is 7. The summed E-state index contributed by atoms with van der Waals surface area (Å²) in [6.07, 6.45) is 6.49. The number of nitrogens with zero attached hydrogens (tertiary/aromatic N) is 7. The molecule has 3 aromatic heterocycles. The van der Waals surface area contributed by atoms with E-state index < -0.39 is 0 Å². The number of carbonyl (C=O) groups excluding carboxylic acids is 1. The fourth-order valence-electron chi connectivity index (χ4n) is 3.13. The molecule has 0 aliphatic rings. The maximum absolute atomic E-state index is 13.0. The number of nitrogens with one attached hydrogen (secondary N) is 1. The Kier molecular flexibility index (Phi) is 6.46. The van der Waals surface area contributed by atoms with Crippen molar-refractivity contribution in [3.63, 3.8) is 0 Å². The highest BCUT2D eigenvalue weighted by Crippen LogP contribution is 2.24. The molecule has 0 aliphatic carbocycles. The van der Waals surface area contributed by atoms with Crippen molar-refractivity contribution in [1.82, 2.24) is 40.5 Å². The normalized spacial score (nSPS) is 10.8. The number of tetrazole rings is 1. The predicted octanol–water partition coefficient (Wildman–Crippen LogP) is 3.36. The van der Waals surface area contributed by atoms with Gasteiger partial charge in [-0.1, -0.05) is 18.5 Å². The molecule has 0 bridgehead atoms. The van der Waals surface area contributed by atoms with Crippen molar-refractivity contribution in [3.8, 4) is 16.9 Å². The minimum Gasteiger partial charge on any atom is -0.346 e. The molecule has 9 nitrogen and oxygen atoms in total. The van der Waals surface area contributed by atoms with Crippen LogP contribution >= 0.6 is 11.6 Å². The van der Waals surface area contributed by atoms with Crippen LogP contribution in [0.2, 0.25) is 5.02 Å². The number of amides is 1. The average molecular weight is 449 g/mol. The van der Waals surface area contributed by atoms with Crippen molar-refractivity contribution in [2.24, 2.45) is 0 Å². The maximum atomic E-state index is 13.0. The summed E-state index contributed by atoms with van der Waals surface area (Å²) >= 11 is 5.99. The van der Waals surface area contributed by atoms with Crippen LogP contribution in [0.25, 0.3) is 16.9 Å². The molecule has 0 unspecified atom stereocenters. The van der Waals surface area contributed by atoms with Crippen LogP contribution in [0.5, 0.6) is 0 Å². The first-order valence-corrected chi connectivity index (χ1v) is 10.5. The van der Waals surface area contributed by atoms with Crippen molar-refractivity contribution in [1.29, 1.82) is 0 Å². The van der Waals surface area contributed by atoms with Gasteiger partial charge in [0.15, 0.2) is 5.82 Å². The van der Waals surface area contributed by atoms with Gasteiger partial charge in [-0.05, 0) is 54.1 Å². The second-order valence-corrected chi connectivity index (χ2v) is 7.66. The lowest BCUT2D eigenvalue weighted by Gasteiger charge is -2.11. The van der Waals surface area contributed by atoms with E-state index in [0.717, 1.165) is 23.5 Å². The number of carbonyl (C=O) groups is 1. The lowest BCUT2D eigenvalue weighted by atomic mass is 10.0. The van der Waals surface area contributed by atoms with E-state index in [9.17, 15) is 4.79 Å². The number of benzene rings is 1. The van der Waals surface area contributed by atoms with Gasteiger partial charge in [0.25, 0.3) is 5.91 Å². The van der Waals surface area contributed by atoms with Crippen LogP contribution < -0.4 is 5.32 Å². The number of aryl methyl sites for hydroxylation is 2. The fourth-order valence-corrected chi connectivity index (χ4v) is 3.24. The topological polar surface area (TPSA) is 111 Å². The van der Waals surface area contributed by atoms with Gasteiger partial charge in [0.1, 0.15) is 0 Å². The zero-order chi connectivity index (χ0) is 22.5. The summed E-state index contributed by atoms with van der Waals surface area (Å²) in [5, 5.41) is 15.5. The Morgan fingerprint density at radius 1 is 1.09 bits per heavy atom. The Hall–Kier alpha value is -3.72. The summed E-state index contributed by atoms with van der Waals surface area (Å²) in [6, 6.07) is 8.99. The molecule has 1 N–H and O–H groups in total. The highest BCUT2D eigenvalue weighted by Gasteiger charge is 2.15. The Morgan fingerprint density at radius 3 is 2.69 bits per heavy atom. The molecule has 1 aromatic carbocycles. The number of rotatable bonds is 7. The highest BCUT2D eigenvalue weighted by molar-refractivity contribution is 6.30. The quantitative estimate of drug-likeness (QED) is 0.461. The van der Waals surface area contributed by atoms with Crippen LogP contribution in [0.15, 0.2) is 48.9 Å². The smallest absolute Gasteiger partial charge is 0.251 e. The van der Waals surface area contributed by atoms with Gasteiger partial charge in [-0.15, -0.1) is 5.10 Å². The van der Waals surface area contributed by atoms with Gasteiger partial charge in [0.05, 0.1) is 40.5 Å². The Balaban J connectivity index is 1.69. The molecule has 32 heavy (non-hydrogen) atoms. The Bertz CT molecular complexity index is 1220. The van der Waals surface area contributed by atoms with Crippen LogP contribution in [0, 0.1) is 6.92 Å². The summed E-state index contributed by atoms with van der Waals surface area (Å²) in [4.78, 5) is 25.9. The molecule has 0 aliphatic heterocycles. The molecule has 0 saturated carbocycles. The minimum atomic E-state index is -0.255. The van der Waals surface area contributed by atoms with E-state index in [4.69, 9.17) is 11.6 Å². The monoisotopic (exact) mass is 448 g/mol. The van der Waals surface area contributed by atoms with Crippen molar-refractivity contribution < 1.29 is 4.79 Å². The lowest BCUT2D eigenvalue weighted by molar-refractivity contribution is 0.0950. The standard InChI is InChI=1S/C22H21ClN8O/c1-3-4-21-28-29-30-31(21)19-8-15(20-6-5-17(23)11-26-20)7-16(9-19)22(32)27-13-18-12-24-14(2)10-25-18/h5-12H,3-4,13H2,1-2H3,(H,27,32).